The van der Waals surface area contributed by atoms with Gasteiger partial charge in [-0.25, -0.2) is 12.8 Å². The molecule has 17 heavy (non-hydrogen) atoms. The molecule has 0 aliphatic rings. The van der Waals surface area contributed by atoms with E-state index in [0.717, 1.165) is 6.07 Å². The maximum atomic E-state index is 13.7. The van der Waals surface area contributed by atoms with Gasteiger partial charge in [0.05, 0.1) is 16.2 Å². The summed E-state index contributed by atoms with van der Waals surface area (Å²) in [5.74, 6) is -1.74. The van der Waals surface area contributed by atoms with Crippen LogP contribution in [0.2, 0.25) is 0 Å². The smallest absolute Gasteiger partial charge is 0.255 e. The maximum Gasteiger partial charge on any atom is 0.255 e. The number of hydrogen-bond acceptors (Lipinski definition) is 3. The quantitative estimate of drug-likeness (QED) is 0.889. The van der Waals surface area contributed by atoms with Crippen molar-refractivity contribution in [1.29, 1.82) is 0 Å². The van der Waals surface area contributed by atoms with Gasteiger partial charge in [0, 0.05) is 7.05 Å². The zero-order valence-corrected chi connectivity index (χ0v) is 10.7. The van der Waals surface area contributed by atoms with Gasteiger partial charge in [0.1, 0.15) is 5.82 Å². The van der Waals surface area contributed by atoms with Crippen LogP contribution in [0.1, 0.15) is 22.8 Å². The van der Waals surface area contributed by atoms with Gasteiger partial charge in [-0.05, 0) is 24.6 Å². The van der Waals surface area contributed by atoms with Crippen molar-refractivity contribution in [2.45, 2.75) is 18.7 Å². The summed E-state index contributed by atoms with van der Waals surface area (Å²) < 4.78 is 37.3. The second-order valence-corrected chi connectivity index (χ2v) is 5.85. The third-order valence-electron chi connectivity index (χ3n) is 2.37. The summed E-state index contributed by atoms with van der Waals surface area (Å²) in [6, 6.07) is 2.45. The Kier molecular flexibility index (Phi) is 3.87. The van der Waals surface area contributed by atoms with Crippen LogP contribution in [-0.4, -0.2) is 27.1 Å². The maximum absolute atomic E-state index is 13.7. The molecule has 1 aromatic rings. The highest BCUT2D eigenvalue weighted by molar-refractivity contribution is 7.91. The number of halogens is 1. The molecule has 1 amide bonds. The van der Waals surface area contributed by atoms with Gasteiger partial charge < -0.3 is 5.32 Å². The third kappa shape index (κ3) is 2.63. The zero-order valence-electron chi connectivity index (χ0n) is 9.87. The van der Waals surface area contributed by atoms with Crippen molar-refractivity contribution < 1.29 is 17.6 Å². The van der Waals surface area contributed by atoms with E-state index in [1.807, 2.05) is 0 Å². The normalized spacial score (nSPS) is 11.3. The lowest BCUT2D eigenvalue weighted by atomic mass is 10.1. The van der Waals surface area contributed by atoms with Gasteiger partial charge in [-0.1, -0.05) is 6.92 Å². The first-order valence-corrected chi connectivity index (χ1v) is 6.73. The summed E-state index contributed by atoms with van der Waals surface area (Å²) in [4.78, 5) is 11.3. The van der Waals surface area contributed by atoms with E-state index in [0.29, 0.717) is 5.56 Å². The summed E-state index contributed by atoms with van der Waals surface area (Å²) in [7, 11) is -2.31. The standard InChI is InChI=1S/C11H14FNO3S/c1-4-17(15,16)9-6-7(2)5-8(12)10(9)11(14)13-3/h5-6H,4H2,1-3H3,(H,13,14). The molecule has 0 atom stereocenters. The second-order valence-electron chi connectivity index (χ2n) is 3.60. The number of benzene rings is 1. The SMILES string of the molecule is CCS(=O)(=O)c1cc(C)cc(F)c1C(=O)NC. The van der Waals surface area contributed by atoms with E-state index in [2.05, 4.69) is 5.32 Å². The van der Waals surface area contributed by atoms with E-state index in [1.54, 1.807) is 6.92 Å². The largest absolute Gasteiger partial charge is 0.355 e. The first-order valence-electron chi connectivity index (χ1n) is 5.08. The van der Waals surface area contributed by atoms with Crippen LogP contribution in [0.15, 0.2) is 17.0 Å². The summed E-state index contributed by atoms with van der Waals surface area (Å²) in [5.41, 5.74) is 0.0436. The lowest BCUT2D eigenvalue weighted by Gasteiger charge is -2.10. The van der Waals surface area contributed by atoms with E-state index in [1.165, 1.54) is 20.0 Å². The molecular formula is C11H14FNO3S. The van der Waals surface area contributed by atoms with Crippen LogP contribution in [0.5, 0.6) is 0 Å². The Morgan fingerprint density at radius 3 is 2.47 bits per heavy atom. The minimum atomic E-state index is -3.63. The number of carbonyl (C=O) groups excluding carboxylic acids is 1. The molecule has 0 aliphatic heterocycles. The number of nitrogens with one attached hydrogen (secondary N) is 1. The Labute approximate surface area is 99.8 Å². The molecule has 0 radical (unpaired) electrons. The van der Waals surface area contributed by atoms with Crippen molar-refractivity contribution in [2.75, 3.05) is 12.8 Å². The van der Waals surface area contributed by atoms with Gasteiger partial charge >= 0.3 is 0 Å². The molecule has 0 heterocycles. The highest BCUT2D eigenvalue weighted by atomic mass is 32.2. The molecule has 1 N–H and O–H groups in total. The monoisotopic (exact) mass is 259 g/mol. The summed E-state index contributed by atoms with van der Waals surface area (Å²) >= 11 is 0. The summed E-state index contributed by atoms with van der Waals surface area (Å²) in [6.07, 6.45) is 0. The molecule has 0 saturated heterocycles. The van der Waals surface area contributed by atoms with Crippen LogP contribution in [-0.2, 0) is 9.84 Å². The number of sulfone groups is 1. The lowest BCUT2D eigenvalue weighted by Crippen LogP contribution is -2.23. The molecule has 0 fully saturated rings. The Morgan fingerprint density at radius 2 is 2.00 bits per heavy atom. The fourth-order valence-electron chi connectivity index (χ4n) is 1.46. The highest BCUT2D eigenvalue weighted by Crippen LogP contribution is 2.22. The Balaban J connectivity index is 3.63. The van der Waals surface area contributed by atoms with Gasteiger partial charge in [-0.3, -0.25) is 4.79 Å². The summed E-state index contributed by atoms with van der Waals surface area (Å²) in [6.45, 7) is 3.02. The van der Waals surface area contributed by atoms with E-state index >= 15 is 0 Å². The molecule has 94 valence electrons. The van der Waals surface area contributed by atoms with Crippen molar-refractivity contribution in [1.82, 2.24) is 5.32 Å². The molecule has 1 rings (SSSR count). The van der Waals surface area contributed by atoms with E-state index < -0.39 is 27.1 Å². The van der Waals surface area contributed by atoms with Gasteiger partial charge in [-0.2, -0.15) is 0 Å². The first kappa shape index (κ1) is 13.6. The van der Waals surface area contributed by atoms with Crippen LogP contribution in [0.4, 0.5) is 4.39 Å². The first-order chi connectivity index (χ1) is 7.83. The Bertz CT molecular complexity index is 552. The van der Waals surface area contributed by atoms with Gasteiger partial charge in [-0.15, -0.1) is 0 Å². The van der Waals surface area contributed by atoms with Crippen LogP contribution in [0, 0.1) is 12.7 Å². The van der Waals surface area contributed by atoms with Crippen LogP contribution >= 0.6 is 0 Å². The average Bonchev–Trinajstić information content (AvgIpc) is 2.27. The molecule has 1 aromatic carbocycles. The molecule has 4 nitrogen and oxygen atoms in total. The van der Waals surface area contributed by atoms with Crippen molar-refractivity contribution in [2.24, 2.45) is 0 Å². The zero-order chi connectivity index (χ0) is 13.2. The number of rotatable bonds is 3. The lowest BCUT2D eigenvalue weighted by molar-refractivity contribution is 0.0955. The van der Waals surface area contributed by atoms with Gasteiger partial charge in [0.2, 0.25) is 0 Å². The summed E-state index contributed by atoms with van der Waals surface area (Å²) in [5, 5.41) is 2.23. The van der Waals surface area contributed by atoms with Crippen molar-refractivity contribution in [3.05, 3.63) is 29.1 Å². The molecule has 6 heteroatoms. The van der Waals surface area contributed by atoms with Gasteiger partial charge in [0.25, 0.3) is 5.91 Å². The van der Waals surface area contributed by atoms with Crippen molar-refractivity contribution in [3.8, 4) is 0 Å². The Morgan fingerprint density at radius 1 is 1.41 bits per heavy atom. The minimum absolute atomic E-state index is 0.181. The number of amides is 1. The molecule has 0 aromatic heterocycles. The van der Waals surface area contributed by atoms with Crippen LogP contribution in [0.3, 0.4) is 0 Å². The number of aryl methyl sites for hydroxylation is 1. The van der Waals surface area contributed by atoms with Crippen LogP contribution in [0.25, 0.3) is 0 Å². The molecule has 0 spiro atoms. The van der Waals surface area contributed by atoms with Gasteiger partial charge in [0.15, 0.2) is 9.84 Å². The van der Waals surface area contributed by atoms with Crippen LogP contribution < -0.4 is 5.32 Å². The minimum Gasteiger partial charge on any atom is -0.355 e. The molecule has 0 aliphatic carbocycles. The fourth-order valence-corrected chi connectivity index (χ4v) is 2.63. The topological polar surface area (TPSA) is 63.2 Å². The average molecular weight is 259 g/mol. The predicted molar refractivity (Wildman–Crippen MR) is 62.3 cm³/mol. The predicted octanol–water partition coefficient (Wildman–Crippen LogP) is 1.29. The molecule has 0 saturated carbocycles. The number of hydrogen-bond donors (Lipinski definition) is 1. The molecule has 0 unspecified atom stereocenters. The van der Waals surface area contributed by atoms with E-state index in [-0.39, 0.29) is 10.6 Å². The van der Waals surface area contributed by atoms with E-state index in [4.69, 9.17) is 0 Å². The molecule has 0 bridgehead atoms. The third-order valence-corrected chi connectivity index (χ3v) is 4.12. The highest BCUT2D eigenvalue weighted by Gasteiger charge is 2.24. The van der Waals surface area contributed by atoms with Crippen molar-refractivity contribution in [3.63, 3.8) is 0 Å². The Hall–Kier alpha value is -1.43. The van der Waals surface area contributed by atoms with Crippen molar-refractivity contribution >= 4 is 15.7 Å². The molecular weight excluding hydrogens is 245 g/mol. The number of carbonyl (C=O) groups is 1. The van der Waals surface area contributed by atoms with E-state index in [9.17, 15) is 17.6 Å². The fraction of sp³-hybridized carbons (Fsp3) is 0.364. The second kappa shape index (κ2) is 4.83.